The van der Waals surface area contributed by atoms with Gasteiger partial charge in [0.25, 0.3) is 5.69 Å². The molecular weight excluding hydrogens is 519 g/mol. The molecular formula is C26H24F3N5O5. The predicted molar refractivity (Wildman–Crippen MR) is 139 cm³/mol. The normalized spacial score (nSPS) is 11.7. The Kier molecular flexibility index (Phi) is 9.01. The average molecular weight is 544 g/mol. The van der Waals surface area contributed by atoms with E-state index in [-0.39, 0.29) is 11.6 Å². The predicted octanol–water partition coefficient (Wildman–Crippen LogP) is 4.54. The van der Waals surface area contributed by atoms with Gasteiger partial charge in [-0.15, -0.1) is 0 Å². The number of aromatic hydroxyl groups is 1. The van der Waals surface area contributed by atoms with Gasteiger partial charge in [0.05, 0.1) is 21.9 Å². The minimum atomic E-state index is -5.08. The molecule has 13 heteroatoms. The van der Waals surface area contributed by atoms with E-state index in [0.717, 1.165) is 23.1 Å². The fourth-order valence-electron chi connectivity index (χ4n) is 3.62. The molecule has 10 nitrogen and oxygen atoms in total. The van der Waals surface area contributed by atoms with E-state index in [1.54, 1.807) is 6.07 Å². The Balaban J connectivity index is 0.000000532. The van der Waals surface area contributed by atoms with Crippen LogP contribution in [0.5, 0.6) is 5.88 Å². The summed E-state index contributed by atoms with van der Waals surface area (Å²) in [7, 11) is 0. The van der Waals surface area contributed by atoms with E-state index < -0.39 is 17.1 Å². The number of aliphatic carboxylic acids is 1. The molecule has 0 aliphatic heterocycles. The van der Waals surface area contributed by atoms with Gasteiger partial charge < -0.3 is 26.7 Å². The van der Waals surface area contributed by atoms with Crippen LogP contribution in [0.2, 0.25) is 0 Å². The van der Waals surface area contributed by atoms with Gasteiger partial charge in [-0.1, -0.05) is 36.4 Å². The van der Waals surface area contributed by atoms with Crippen LogP contribution in [0.4, 0.5) is 24.5 Å². The van der Waals surface area contributed by atoms with Crippen LogP contribution >= 0.6 is 0 Å². The number of benzene rings is 3. The Bertz CT molecular complexity index is 1500. The second-order valence-electron chi connectivity index (χ2n) is 8.21. The number of nitro benzene ring substituents is 1. The van der Waals surface area contributed by atoms with Crippen LogP contribution < -0.4 is 11.5 Å². The summed E-state index contributed by atoms with van der Waals surface area (Å²) in [4.78, 5) is 27.5. The smallest absolute Gasteiger partial charge is 0.490 e. The second-order valence-corrected chi connectivity index (χ2v) is 8.21. The molecule has 7 N–H and O–H groups in total. The number of rotatable bonds is 7. The first-order valence-electron chi connectivity index (χ1n) is 11.4. The van der Waals surface area contributed by atoms with Gasteiger partial charge in [-0.2, -0.15) is 13.2 Å². The van der Waals surface area contributed by atoms with E-state index >= 15 is 0 Å². The summed E-state index contributed by atoms with van der Waals surface area (Å²) in [5.74, 6) is -2.87. The van der Waals surface area contributed by atoms with Crippen molar-refractivity contribution in [2.45, 2.75) is 19.1 Å². The van der Waals surface area contributed by atoms with Crippen molar-refractivity contribution in [3.05, 3.63) is 99.1 Å². The molecule has 204 valence electrons. The van der Waals surface area contributed by atoms with Gasteiger partial charge >= 0.3 is 12.1 Å². The topological polar surface area (TPSA) is 181 Å². The Morgan fingerprint density at radius 2 is 1.59 bits per heavy atom. The number of carbonyl (C=O) groups is 1. The fourth-order valence-corrected chi connectivity index (χ4v) is 3.62. The van der Waals surface area contributed by atoms with Crippen molar-refractivity contribution in [3.63, 3.8) is 0 Å². The zero-order valence-electron chi connectivity index (χ0n) is 20.3. The number of nitrogens with zero attached hydrogens (tertiary/aromatic N) is 2. The number of halogens is 3. The number of fused-ring (bicyclic) bond motifs is 1. The standard InChI is InChI=1S/C24H23N5O3.C2HF3O2/c25-12-11-15-3-7-18(8-4-15)27-23(17-5-1-16(14-26)2-6-17)22-20-13-19(29(31)32)9-10-21(20)28-24(22)30;3-2(4,5)1(6)7/h1-10,13,28,30H,11-12,14,25-26H2;(H,6,7). The van der Waals surface area contributed by atoms with Crippen molar-refractivity contribution in [2.24, 2.45) is 16.5 Å². The van der Waals surface area contributed by atoms with Gasteiger partial charge in [0, 0.05) is 35.1 Å². The lowest BCUT2D eigenvalue weighted by Crippen LogP contribution is -2.21. The molecule has 0 fully saturated rings. The number of non-ortho nitro benzene ring substituents is 1. The molecule has 0 bridgehead atoms. The van der Waals surface area contributed by atoms with Crippen LogP contribution in [0.25, 0.3) is 10.9 Å². The number of nitrogens with two attached hydrogens (primary N) is 2. The largest absolute Gasteiger partial charge is 0.494 e. The third-order valence-electron chi connectivity index (χ3n) is 5.53. The fraction of sp³-hybridized carbons (Fsp3) is 0.154. The summed E-state index contributed by atoms with van der Waals surface area (Å²) in [5.41, 5.74) is 16.2. The molecule has 3 aromatic carbocycles. The van der Waals surface area contributed by atoms with Crippen LogP contribution in [-0.4, -0.2) is 44.5 Å². The maximum absolute atomic E-state index is 11.3. The Morgan fingerprint density at radius 3 is 2.10 bits per heavy atom. The maximum Gasteiger partial charge on any atom is 0.490 e. The van der Waals surface area contributed by atoms with Crippen LogP contribution in [0.15, 0.2) is 71.7 Å². The highest BCUT2D eigenvalue weighted by atomic mass is 19.4. The van der Waals surface area contributed by atoms with Gasteiger partial charge in [0.2, 0.25) is 0 Å². The summed E-state index contributed by atoms with van der Waals surface area (Å²) in [6.45, 7) is 0.962. The van der Waals surface area contributed by atoms with E-state index in [0.29, 0.717) is 41.0 Å². The van der Waals surface area contributed by atoms with Crippen LogP contribution in [0.3, 0.4) is 0 Å². The third-order valence-corrected chi connectivity index (χ3v) is 5.53. The van der Waals surface area contributed by atoms with Gasteiger partial charge in [0.15, 0.2) is 5.88 Å². The first kappa shape index (κ1) is 28.8. The molecule has 1 heterocycles. The van der Waals surface area contributed by atoms with Crippen molar-refractivity contribution in [1.29, 1.82) is 0 Å². The SMILES string of the molecule is NCCc1ccc(N=C(c2ccc(CN)cc2)c2c(O)[nH]c3ccc([N+](=O)[O-])cc23)cc1.O=C(O)C(F)(F)F. The lowest BCUT2D eigenvalue weighted by Gasteiger charge is -2.09. The van der Waals surface area contributed by atoms with Crippen molar-refractivity contribution in [3.8, 4) is 5.88 Å². The molecule has 0 amide bonds. The molecule has 1 aromatic heterocycles. The summed E-state index contributed by atoms with van der Waals surface area (Å²) >= 11 is 0. The highest BCUT2D eigenvalue weighted by molar-refractivity contribution is 6.22. The van der Waals surface area contributed by atoms with E-state index in [2.05, 4.69) is 4.98 Å². The highest BCUT2D eigenvalue weighted by Gasteiger charge is 2.38. The molecule has 0 radical (unpaired) electrons. The van der Waals surface area contributed by atoms with Gasteiger partial charge in [-0.3, -0.25) is 10.1 Å². The minimum Gasteiger partial charge on any atom is -0.494 e. The zero-order valence-corrected chi connectivity index (χ0v) is 20.3. The van der Waals surface area contributed by atoms with Crippen molar-refractivity contribution < 1.29 is 33.1 Å². The molecule has 0 aliphatic rings. The minimum absolute atomic E-state index is 0.0679. The molecule has 0 aliphatic carbocycles. The Morgan fingerprint density at radius 1 is 1.00 bits per heavy atom. The molecule has 0 saturated heterocycles. The Labute approximate surface area is 219 Å². The number of aromatic amines is 1. The van der Waals surface area contributed by atoms with Crippen molar-refractivity contribution >= 4 is 34.0 Å². The summed E-state index contributed by atoms with van der Waals surface area (Å²) < 4.78 is 31.7. The maximum atomic E-state index is 11.3. The molecule has 0 spiro atoms. The lowest BCUT2D eigenvalue weighted by molar-refractivity contribution is -0.384. The van der Waals surface area contributed by atoms with Gasteiger partial charge in [0.1, 0.15) is 0 Å². The number of H-pyrrole nitrogens is 1. The Hall–Kier alpha value is -4.75. The first-order valence-corrected chi connectivity index (χ1v) is 11.4. The van der Waals surface area contributed by atoms with Crippen LogP contribution in [0, 0.1) is 10.1 Å². The van der Waals surface area contributed by atoms with E-state index in [9.17, 15) is 28.4 Å². The lowest BCUT2D eigenvalue weighted by atomic mass is 9.99. The van der Waals surface area contributed by atoms with Gasteiger partial charge in [-0.25, -0.2) is 9.79 Å². The summed E-state index contributed by atoms with van der Waals surface area (Å²) in [6, 6.07) is 19.6. The number of hydrogen-bond donors (Lipinski definition) is 5. The monoisotopic (exact) mass is 543 g/mol. The highest BCUT2D eigenvalue weighted by Crippen LogP contribution is 2.33. The number of nitro groups is 1. The molecule has 4 aromatic rings. The molecule has 0 unspecified atom stereocenters. The number of aliphatic imine (C=N–C) groups is 1. The van der Waals surface area contributed by atoms with E-state index in [1.165, 1.54) is 12.1 Å². The number of carboxylic acids is 1. The number of nitrogens with one attached hydrogen (secondary N) is 1. The summed E-state index contributed by atoms with van der Waals surface area (Å²) in [5, 5.41) is 29.7. The molecule has 0 atom stereocenters. The number of hydrogen-bond acceptors (Lipinski definition) is 7. The van der Waals surface area contributed by atoms with Crippen LogP contribution in [-0.2, 0) is 17.8 Å². The second kappa shape index (κ2) is 12.2. The van der Waals surface area contributed by atoms with E-state index in [1.807, 2.05) is 48.5 Å². The zero-order chi connectivity index (χ0) is 28.7. The van der Waals surface area contributed by atoms with E-state index in [4.69, 9.17) is 26.4 Å². The quantitative estimate of drug-likeness (QED) is 0.129. The van der Waals surface area contributed by atoms with Gasteiger partial charge in [-0.05, 0) is 42.3 Å². The third kappa shape index (κ3) is 7.18. The van der Waals surface area contributed by atoms with Crippen molar-refractivity contribution in [1.82, 2.24) is 4.98 Å². The number of alkyl halides is 3. The molecule has 39 heavy (non-hydrogen) atoms. The number of aromatic nitrogens is 1. The summed E-state index contributed by atoms with van der Waals surface area (Å²) in [6.07, 6.45) is -4.32. The van der Waals surface area contributed by atoms with Crippen LogP contribution in [0.1, 0.15) is 22.3 Å². The average Bonchev–Trinajstić information content (AvgIpc) is 3.23. The van der Waals surface area contributed by atoms with Crippen molar-refractivity contribution in [2.75, 3.05) is 6.54 Å². The molecule has 4 rings (SSSR count). The molecule has 0 saturated carbocycles. The first-order chi connectivity index (χ1) is 18.4. The number of carboxylic acid groups (broad SMARTS) is 1.